The van der Waals surface area contributed by atoms with Crippen LogP contribution in [0.4, 0.5) is 18.9 Å². The molecule has 0 aliphatic carbocycles. The van der Waals surface area contributed by atoms with Crippen molar-refractivity contribution in [1.29, 1.82) is 0 Å². The van der Waals surface area contributed by atoms with Crippen LogP contribution in [0.15, 0.2) is 24.3 Å². The molecule has 1 amide bonds. The van der Waals surface area contributed by atoms with E-state index >= 15 is 0 Å². The van der Waals surface area contributed by atoms with Gasteiger partial charge in [-0.3, -0.25) is 4.79 Å². The number of rotatable bonds is 3. The van der Waals surface area contributed by atoms with E-state index in [1.54, 1.807) is 13.8 Å². The van der Waals surface area contributed by atoms with E-state index in [9.17, 15) is 18.0 Å². The molecule has 0 heterocycles. The highest BCUT2D eigenvalue weighted by Crippen LogP contribution is 2.34. The summed E-state index contributed by atoms with van der Waals surface area (Å²) in [6, 6.07) is 3.96. The van der Waals surface area contributed by atoms with Crippen molar-refractivity contribution in [3.8, 4) is 0 Å². The number of hydrogen-bond acceptors (Lipinski definition) is 2. The lowest BCUT2D eigenvalue weighted by Crippen LogP contribution is -2.40. The minimum Gasteiger partial charge on any atom is -0.324 e. The van der Waals surface area contributed by atoms with Crippen molar-refractivity contribution in [2.24, 2.45) is 11.7 Å². The Morgan fingerprint density at radius 1 is 1.28 bits per heavy atom. The Balaban J connectivity index is 2.95. The van der Waals surface area contributed by atoms with Crippen molar-refractivity contribution in [3.63, 3.8) is 0 Å². The van der Waals surface area contributed by atoms with Crippen molar-refractivity contribution >= 4 is 11.6 Å². The standard InChI is InChI=1S/C12H15F3N2O/c1-7(2)10(16)11(18)17-9-6-4-3-5-8(9)12(13,14)15/h3-7,10H,16H2,1-2H3,(H,17,18)/t10-/m1/s1. The van der Waals surface area contributed by atoms with Gasteiger partial charge in [-0.1, -0.05) is 26.0 Å². The summed E-state index contributed by atoms with van der Waals surface area (Å²) in [6.45, 7) is 3.44. The zero-order chi connectivity index (χ0) is 13.9. The second-order valence-electron chi connectivity index (χ2n) is 4.30. The van der Waals surface area contributed by atoms with Crippen molar-refractivity contribution in [1.82, 2.24) is 0 Å². The van der Waals surface area contributed by atoms with Gasteiger partial charge >= 0.3 is 6.18 Å². The van der Waals surface area contributed by atoms with Crippen LogP contribution in [0.25, 0.3) is 0 Å². The third kappa shape index (κ3) is 3.46. The summed E-state index contributed by atoms with van der Waals surface area (Å²) in [6.07, 6.45) is -4.51. The molecule has 1 aromatic rings. The highest BCUT2D eigenvalue weighted by atomic mass is 19.4. The van der Waals surface area contributed by atoms with E-state index in [-0.39, 0.29) is 11.6 Å². The monoisotopic (exact) mass is 260 g/mol. The average Bonchev–Trinajstić information content (AvgIpc) is 2.27. The zero-order valence-corrected chi connectivity index (χ0v) is 10.1. The van der Waals surface area contributed by atoms with Crippen LogP contribution in [-0.4, -0.2) is 11.9 Å². The van der Waals surface area contributed by atoms with Crippen LogP contribution >= 0.6 is 0 Å². The molecule has 0 unspecified atom stereocenters. The van der Waals surface area contributed by atoms with E-state index in [0.29, 0.717) is 0 Å². The molecule has 0 fully saturated rings. The molecular weight excluding hydrogens is 245 g/mol. The van der Waals surface area contributed by atoms with E-state index in [1.807, 2.05) is 0 Å². The number of nitrogens with one attached hydrogen (secondary N) is 1. The summed E-state index contributed by atoms with van der Waals surface area (Å²) in [5.74, 6) is -0.773. The maximum Gasteiger partial charge on any atom is 0.418 e. The molecule has 0 saturated carbocycles. The van der Waals surface area contributed by atoms with Crippen LogP contribution in [0.5, 0.6) is 0 Å². The number of carbonyl (C=O) groups is 1. The number of hydrogen-bond donors (Lipinski definition) is 2. The number of benzene rings is 1. The van der Waals surface area contributed by atoms with E-state index in [1.165, 1.54) is 18.2 Å². The molecule has 0 aromatic heterocycles. The molecule has 1 rings (SSSR count). The topological polar surface area (TPSA) is 55.1 Å². The summed E-state index contributed by atoms with van der Waals surface area (Å²) in [5.41, 5.74) is 4.42. The molecule has 3 nitrogen and oxygen atoms in total. The number of anilines is 1. The first kappa shape index (κ1) is 14.5. The SMILES string of the molecule is CC(C)[C@@H](N)C(=O)Nc1ccccc1C(F)(F)F. The number of halogens is 3. The first-order valence-electron chi connectivity index (χ1n) is 5.46. The lowest BCUT2D eigenvalue weighted by Gasteiger charge is -2.18. The molecule has 1 aromatic carbocycles. The predicted octanol–water partition coefficient (Wildman–Crippen LogP) is 2.63. The molecule has 6 heteroatoms. The lowest BCUT2D eigenvalue weighted by atomic mass is 10.0. The highest BCUT2D eigenvalue weighted by Gasteiger charge is 2.34. The Hall–Kier alpha value is -1.56. The minimum atomic E-state index is -4.51. The molecule has 0 bridgehead atoms. The quantitative estimate of drug-likeness (QED) is 0.877. The van der Waals surface area contributed by atoms with Crippen LogP contribution in [0, 0.1) is 5.92 Å². The molecule has 18 heavy (non-hydrogen) atoms. The number of amides is 1. The first-order valence-corrected chi connectivity index (χ1v) is 5.46. The van der Waals surface area contributed by atoms with Gasteiger partial charge in [-0.25, -0.2) is 0 Å². The summed E-state index contributed by atoms with van der Waals surface area (Å²) < 4.78 is 38.0. The van der Waals surface area contributed by atoms with Crippen molar-refractivity contribution < 1.29 is 18.0 Å². The molecule has 0 aliphatic heterocycles. The molecule has 100 valence electrons. The number of para-hydroxylation sites is 1. The van der Waals surface area contributed by atoms with E-state index in [0.717, 1.165) is 6.07 Å². The fourth-order valence-electron chi connectivity index (χ4n) is 1.36. The Kier molecular flexibility index (Phi) is 4.34. The summed E-state index contributed by atoms with van der Waals surface area (Å²) in [4.78, 5) is 11.6. The summed E-state index contributed by atoms with van der Waals surface area (Å²) in [7, 11) is 0. The van der Waals surface area contributed by atoms with Crippen molar-refractivity contribution in [2.75, 3.05) is 5.32 Å². The second kappa shape index (κ2) is 5.39. The van der Waals surface area contributed by atoms with Crippen LogP contribution < -0.4 is 11.1 Å². The molecule has 0 radical (unpaired) electrons. The Labute approximate surface area is 103 Å². The van der Waals surface area contributed by atoms with E-state index in [4.69, 9.17) is 5.73 Å². The van der Waals surface area contributed by atoms with Gasteiger partial charge < -0.3 is 11.1 Å². The van der Waals surface area contributed by atoms with Gasteiger partial charge in [-0.15, -0.1) is 0 Å². The van der Waals surface area contributed by atoms with Gasteiger partial charge in [-0.2, -0.15) is 13.2 Å². The lowest BCUT2D eigenvalue weighted by molar-refractivity contribution is -0.137. The van der Waals surface area contributed by atoms with E-state index in [2.05, 4.69) is 5.32 Å². The minimum absolute atomic E-state index is 0.150. The number of nitrogens with two attached hydrogens (primary N) is 1. The third-order valence-corrected chi connectivity index (χ3v) is 2.51. The van der Waals surface area contributed by atoms with Crippen LogP contribution in [0.3, 0.4) is 0 Å². The highest BCUT2D eigenvalue weighted by molar-refractivity contribution is 5.95. The van der Waals surface area contributed by atoms with Crippen LogP contribution in [0.1, 0.15) is 19.4 Å². The van der Waals surface area contributed by atoms with Gasteiger partial charge in [0.05, 0.1) is 17.3 Å². The van der Waals surface area contributed by atoms with Crippen molar-refractivity contribution in [3.05, 3.63) is 29.8 Å². The summed E-state index contributed by atoms with van der Waals surface area (Å²) in [5, 5.41) is 2.21. The average molecular weight is 260 g/mol. The second-order valence-corrected chi connectivity index (χ2v) is 4.30. The van der Waals surface area contributed by atoms with Gasteiger partial charge in [0.25, 0.3) is 0 Å². The van der Waals surface area contributed by atoms with Gasteiger partial charge in [0.1, 0.15) is 0 Å². The zero-order valence-electron chi connectivity index (χ0n) is 10.1. The van der Waals surface area contributed by atoms with Crippen LogP contribution in [-0.2, 0) is 11.0 Å². The van der Waals surface area contributed by atoms with Crippen molar-refractivity contribution in [2.45, 2.75) is 26.1 Å². The molecular formula is C12H15F3N2O. The fourth-order valence-corrected chi connectivity index (χ4v) is 1.36. The predicted molar refractivity (Wildman–Crippen MR) is 62.9 cm³/mol. The van der Waals surface area contributed by atoms with Gasteiger partial charge in [-0.05, 0) is 18.1 Å². The molecule has 3 N–H and O–H groups in total. The number of alkyl halides is 3. The maximum atomic E-state index is 12.7. The Bertz CT molecular complexity index is 430. The fraction of sp³-hybridized carbons (Fsp3) is 0.417. The van der Waals surface area contributed by atoms with Crippen LogP contribution in [0.2, 0.25) is 0 Å². The van der Waals surface area contributed by atoms with Gasteiger partial charge in [0, 0.05) is 0 Å². The first-order chi connectivity index (χ1) is 8.23. The number of carbonyl (C=O) groups excluding carboxylic acids is 1. The normalized spacial score (nSPS) is 13.5. The largest absolute Gasteiger partial charge is 0.418 e. The van der Waals surface area contributed by atoms with Gasteiger partial charge in [0.15, 0.2) is 0 Å². The third-order valence-electron chi connectivity index (χ3n) is 2.51. The Morgan fingerprint density at radius 2 is 1.83 bits per heavy atom. The summed E-state index contributed by atoms with van der Waals surface area (Å²) >= 11 is 0. The Morgan fingerprint density at radius 3 is 2.33 bits per heavy atom. The molecule has 0 saturated heterocycles. The smallest absolute Gasteiger partial charge is 0.324 e. The maximum absolute atomic E-state index is 12.7. The molecule has 1 atom stereocenters. The molecule has 0 aliphatic rings. The van der Waals surface area contributed by atoms with E-state index < -0.39 is 23.7 Å². The van der Waals surface area contributed by atoms with Gasteiger partial charge in [0.2, 0.25) is 5.91 Å². The molecule has 0 spiro atoms.